The quantitative estimate of drug-likeness (QED) is 0.558. The van der Waals surface area contributed by atoms with Gasteiger partial charge in [0.25, 0.3) is 0 Å². The van der Waals surface area contributed by atoms with E-state index in [9.17, 15) is 4.79 Å². The van der Waals surface area contributed by atoms with Gasteiger partial charge in [0.1, 0.15) is 5.75 Å². The monoisotopic (exact) mass is 398 g/mol. The van der Waals surface area contributed by atoms with E-state index in [-0.39, 0.29) is 18.2 Å². The third-order valence-corrected chi connectivity index (χ3v) is 5.30. The van der Waals surface area contributed by atoms with Crippen LogP contribution in [0.1, 0.15) is 45.5 Å². The molecule has 0 N–H and O–H groups in total. The fourth-order valence-corrected chi connectivity index (χ4v) is 3.04. The molecule has 0 radical (unpaired) electrons. The van der Waals surface area contributed by atoms with Gasteiger partial charge in [-0.15, -0.1) is 0 Å². The lowest BCUT2D eigenvalue weighted by molar-refractivity contribution is -0.140. The van der Waals surface area contributed by atoms with Crippen molar-refractivity contribution in [2.24, 2.45) is 0 Å². The van der Waals surface area contributed by atoms with Crippen LogP contribution in [-0.4, -0.2) is 38.5 Å². The van der Waals surface area contributed by atoms with Gasteiger partial charge in [-0.2, -0.15) is 0 Å². The molecule has 1 heterocycles. The number of esters is 1. The first-order chi connectivity index (χ1) is 11.1. The zero-order valence-corrected chi connectivity index (χ0v) is 16.6. The minimum Gasteiger partial charge on any atom is -0.496 e. The van der Waals surface area contributed by atoms with Gasteiger partial charge in [0, 0.05) is 10.3 Å². The first kappa shape index (κ1) is 19.3. The van der Waals surface area contributed by atoms with E-state index in [1.807, 2.05) is 45.9 Å². The lowest BCUT2D eigenvalue weighted by atomic mass is 9.66. The van der Waals surface area contributed by atoms with Gasteiger partial charge in [0.05, 0.1) is 31.8 Å². The third kappa shape index (κ3) is 3.78. The average Bonchev–Trinajstić information content (AvgIpc) is 2.72. The maximum atomic E-state index is 12.0. The van der Waals surface area contributed by atoms with E-state index in [1.54, 1.807) is 7.11 Å². The zero-order valence-electron chi connectivity index (χ0n) is 15.0. The Morgan fingerprint density at radius 2 is 1.79 bits per heavy atom. The maximum Gasteiger partial charge on any atom is 0.466 e. The molecular weight excluding hydrogens is 375 g/mol. The Bertz CT molecular complexity index is 601. The Morgan fingerprint density at radius 1 is 1.21 bits per heavy atom. The van der Waals surface area contributed by atoms with Crippen molar-refractivity contribution < 1.29 is 23.6 Å². The van der Waals surface area contributed by atoms with E-state index in [2.05, 4.69) is 15.9 Å². The highest BCUT2D eigenvalue weighted by molar-refractivity contribution is 9.10. The second-order valence-corrected chi connectivity index (χ2v) is 7.81. The number of benzene rings is 1. The normalized spacial score (nSPS) is 19.9. The number of hydrogen-bond donors (Lipinski definition) is 0. The SMILES string of the molecule is COC(=O)CC(B1OC(C)(C)C(C)(C)O1)c1cc(Br)ccc1OC. The maximum absolute atomic E-state index is 12.0. The van der Waals surface area contributed by atoms with Crippen LogP contribution in [0, 0.1) is 0 Å². The van der Waals surface area contributed by atoms with E-state index < -0.39 is 18.3 Å². The van der Waals surface area contributed by atoms with Crippen LogP contribution < -0.4 is 4.74 Å². The first-order valence-electron chi connectivity index (χ1n) is 7.87. The smallest absolute Gasteiger partial charge is 0.466 e. The summed E-state index contributed by atoms with van der Waals surface area (Å²) in [4.78, 5) is 12.0. The van der Waals surface area contributed by atoms with E-state index in [1.165, 1.54) is 7.11 Å². The van der Waals surface area contributed by atoms with Crippen molar-refractivity contribution >= 4 is 29.0 Å². The molecule has 0 bridgehead atoms. The summed E-state index contributed by atoms with van der Waals surface area (Å²) in [6.07, 6.45) is 0.139. The number of ether oxygens (including phenoxy) is 2. The standard InChI is InChI=1S/C17H24BBrO5/c1-16(2)17(3,4)24-18(23-16)13(10-15(20)22-6)12-9-11(19)7-8-14(12)21-5/h7-9,13H,10H2,1-6H3. The summed E-state index contributed by atoms with van der Waals surface area (Å²) in [5.74, 6) is 0.0181. The molecule has 1 aliphatic heterocycles. The van der Waals surface area contributed by atoms with Crippen LogP contribution in [0.15, 0.2) is 22.7 Å². The third-order valence-electron chi connectivity index (χ3n) is 4.81. The zero-order chi connectivity index (χ0) is 18.1. The largest absolute Gasteiger partial charge is 0.496 e. The molecule has 0 saturated carbocycles. The van der Waals surface area contributed by atoms with Gasteiger partial charge < -0.3 is 18.8 Å². The molecular formula is C17H24BBrO5. The molecule has 1 aliphatic rings. The molecule has 1 aromatic rings. The van der Waals surface area contributed by atoms with E-state index >= 15 is 0 Å². The predicted molar refractivity (Wildman–Crippen MR) is 96.2 cm³/mol. The molecule has 7 heteroatoms. The lowest BCUT2D eigenvalue weighted by Gasteiger charge is -2.32. The number of hydrogen-bond acceptors (Lipinski definition) is 5. The number of rotatable bonds is 5. The topological polar surface area (TPSA) is 54.0 Å². The van der Waals surface area contributed by atoms with Crippen LogP contribution in [0.5, 0.6) is 5.75 Å². The van der Waals surface area contributed by atoms with Crippen molar-refractivity contribution in [2.45, 2.75) is 51.1 Å². The Kier molecular flexibility index (Phi) is 5.67. The molecule has 5 nitrogen and oxygen atoms in total. The van der Waals surface area contributed by atoms with E-state index in [0.717, 1.165) is 10.0 Å². The van der Waals surface area contributed by atoms with Crippen LogP contribution in [0.2, 0.25) is 0 Å². The van der Waals surface area contributed by atoms with Gasteiger partial charge in [-0.3, -0.25) is 4.79 Å². The highest BCUT2D eigenvalue weighted by Crippen LogP contribution is 2.43. The minimum absolute atomic E-state index is 0.139. The first-order valence-corrected chi connectivity index (χ1v) is 8.66. The van der Waals surface area contributed by atoms with E-state index in [0.29, 0.717) is 5.75 Å². The van der Waals surface area contributed by atoms with Crippen LogP contribution in [0.25, 0.3) is 0 Å². The van der Waals surface area contributed by atoms with Gasteiger partial charge in [0.15, 0.2) is 0 Å². The highest BCUT2D eigenvalue weighted by Gasteiger charge is 2.54. The number of carbonyl (C=O) groups excluding carboxylic acids is 1. The minimum atomic E-state index is -0.572. The van der Waals surface area contributed by atoms with Crippen molar-refractivity contribution in [3.63, 3.8) is 0 Å². The molecule has 24 heavy (non-hydrogen) atoms. The van der Waals surface area contributed by atoms with Crippen molar-refractivity contribution in [3.8, 4) is 5.75 Å². The molecule has 132 valence electrons. The van der Waals surface area contributed by atoms with Crippen molar-refractivity contribution in [2.75, 3.05) is 14.2 Å². The summed E-state index contributed by atoms with van der Waals surface area (Å²) in [5.41, 5.74) is -0.118. The van der Waals surface area contributed by atoms with Gasteiger partial charge >= 0.3 is 13.1 Å². The predicted octanol–water partition coefficient (Wildman–Crippen LogP) is 3.74. The summed E-state index contributed by atoms with van der Waals surface area (Å²) in [6.45, 7) is 7.95. The van der Waals surface area contributed by atoms with Gasteiger partial charge in [0.2, 0.25) is 0 Å². The van der Waals surface area contributed by atoms with Crippen LogP contribution in [-0.2, 0) is 18.8 Å². The molecule has 1 atom stereocenters. The van der Waals surface area contributed by atoms with Crippen molar-refractivity contribution in [3.05, 3.63) is 28.2 Å². The van der Waals surface area contributed by atoms with E-state index in [4.69, 9.17) is 18.8 Å². The number of methoxy groups -OCH3 is 2. The van der Waals surface area contributed by atoms with Gasteiger partial charge in [-0.05, 0) is 51.5 Å². The molecule has 1 unspecified atom stereocenters. The highest BCUT2D eigenvalue weighted by atomic mass is 79.9. The molecule has 0 amide bonds. The molecule has 1 saturated heterocycles. The second-order valence-electron chi connectivity index (χ2n) is 6.90. The fourth-order valence-electron chi connectivity index (χ4n) is 2.66. The Balaban J connectivity index is 2.44. The summed E-state index contributed by atoms with van der Waals surface area (Å²) in [7, 11) is 2.41. The van der Waals surface area contributed by atoms with Crippen LogP contribution >= 0.6 is 15.9 Å². The van der Waals surface area contributed by atoms with Crippen molar-refractivity contribution in [1.29, 1.82) is 0 Å². The summed E-state index contributed by atoms with van der Waals surface area (Å²) in [5, 5.41) is 0. The molecule has 0 aromatic heterocycles. The average molecular weight is 399 g/mol. The van der Waals surface area contributed by atoms with Gasteiger partial charge in [-0.1, -0.05) is 15.9 Å². The molecule has 0 aliphatic carbocycles. The molecule has 2 rings (SSSR count). The lowest BCUT2D eigenvalue weighted by Crippen LogP contribution is -2.41. The summed E-state index contributed by atoms with van der Waals surface area (Å²) < 4.78 is 23.6. The molecule has 1 fully saturated rings. The van der Waals surface area contributed by atoms with Gasteiger partial charge in [-0.25, -0.2) is 0 Å². The van der Waals surface area contributed by atoms with Crippen LogP contribution in [0.4, 0.5) is 0 Å². The Morgan fingerprint density at radius 3 is 2.29 bits per heavy atom. The van der Waals surface area contributed by atoms with Crippen LogP contribution in [0.3, 0.4) is 0 Å². The Labute approximate surface area is 152 Å². The fraction of sp³-hybridized carbons (Fsp3) is 0.588. The second kappa shape index (κ2) is 7.06. The number of carbonyl (C=O) groups is 1. The molecule has 1 aromatic carbocycles. The summed E-state index contributed by atoms with van der Waals surface area (Å²) >= 11 is 3.48. The van der Waals surface area contributed by atoms with Crippen molar-refractivity contribution in [1.82, 2.24) is 0 Å². The number of halogens is 1. The Hall–Kier alpha value is -1.05. The molecule has 0 spiro atoms. The summed E-state index contributed by atoms with van der Waals surface area (Å²) in [6, 6.07) is 5.67.